The van der Waals surface area contributed by atoms with Crippen molar-refractivity contribution in [1.29, 1.82) is 0 Å². The standard InChI is InChI=1S/C27H48O5S/c1-3-5-6-7-8-9-10-11-12-13-14-15-16-22-17-18-23(21-24(28)29)26(31)27(22)33-20-19-25(30)32-4-2/h16,23,26-27,31H,3-15,17-21H2,1-2H3,(H,28,29)/b22-16+/t23-,26+,27+/m1/s1. The van der Waals surface area contributed by atoms with E-state index in [2.05, 4.69) is 13.0 Å². The van der Waals surface area contributed by atoms with Crippen molar-refractivity contribution in [3.63, 3.8) is 0 Å². The number of allylic oxidation sites excluding steroid dienone is 1. The first-order valence-electron chi connectivity index (χ1n) is 13.4. The zero-order valence-electron chi connectivity index (χ0n) is 21.1. The Morgan fingerprint density at radius 1 is 1.00 bits per heavy atom. The number of aliphatic hydroxyl groups excluding tert-OH is 1. The van der Waals surface area contributed by atoms with Gasteiger partial charge in [0.05, 0.1) is 30.8 Å². The molecule has 0 unspecified atom stereocenters. The molecule has 0 amide bonds. The molecule has 1 aliphatic carbocycles. The van der Waals surface area contributed by atoms with Crippen LogP contribution in [0.2, 0.25) is 0 Å². The fourth-order valence-electron chi connectivity index (χ4n) is 4.60. The van der Waals surface area contributed by atoms with Crippen molar-refractivity contribution in [3.8, 4) is 0 Å². The highest BCUT2D eigenvalue weighted by molar-refractivity contribution is 8.00. The Labute approximate surface area is 206 Å². The molecule has 0 aliphatic heterocycles. The van der Waals surface area contributed by atoms with E-state index in [-0.39, 0.29) is 23.6 Å². The van der Waals surface area contributed by atoms with E-state index in [0.717, 1.165) is 19.3 Å². The first-order valence-corrected chi connectivity index (χ1v) is 14.4. The molecule has 1 aliphatic rings. The van der Waals surface area contributed by atoms with Crippen LogP contribution in [0.3, 0.4) is 0 Å². The minimum Gasteiger partial charge on any atom is -0.481 e. The summed E-state index contributed by atoms with van der Waals surface area (Å²) in [6.45, 7) is 4.43. The van der Waals surface area contributed by atoms with Crippen molar-refractivity contribution in [2.24, 2.45) is 5.92 Å². The van der Waals surface area contributed by atoms with Crippen molar-refractivity contribution in [3.05, 3.63) is 11.6 Å². The number of hydrogen-bond donors (Lipinski definition) is 2. The Kier molecular flexibility index (Phi) is 17.6. The molecule has 1 saturated carbocycles. The third-order valence-corrected chi connectivity index (χ3v) is 7.90. The lowest BCUT2D eigenvalue weighted by atomic mass is 9.80. The van der Waals surface area contributed by atoms with E-state index in [9.17, 15) is 19.8 Å². The molecular formula is C27H48O5S. The highest BCUT2D eigenvalue weighted by Gasteiger charge is 2.36. The minimum atomic E-state index is -0.859. The van der Waals surface area contributed by atoms with Gasteiger partial charge in [-0.1, -0.05) is 82.8 Å². The number of esters is 1. The highest BCUT2D eigenvalue weighted by Crippen LogP contribution is 2.38. The Morgan fingerprint density at radius 2 is 1.61 bits per heavy atom. The lowest BCUT2D eigenvalue weighted by Gasteiger charge is -2.36. The number of carbonyl (C=O) groups excluding carboxylic acids is 1. The van der Waals surface area contributed by atoms with Gasteiger partial charge in [0, 0.05) is 5.75 Å². The average Bonchev–Trinajstić information content (AvgIpc) is 2.78. The van der Waals surface area contributed by atoms with Crippen molar-refractivity contribution < 1.29 is 24.5 Å². The lowest BCUT2D eigenvalue weighted by Crippen LogP contribution is -2.38. The fourth-order valence-corrected chi connectivity index (χ4v) is 5.99. The largest absolute Gasteiger partial charge is 0.481 e. The molecule has 192 valence electrons. The first kappa shape index (κ1) is 30.0. The number of aliphatic carboxylic acids is 1. The van der Waals surface area contributed by atoms with Crippen LogP contribution in [-0.4, -0.2) is 45.9 Å². The average molecular weight is 485 g/mol. The predicted octanol–water partition coefficient (Wildman–Crippen LogP) is 6.91. The molecule has 1 fully saturated rings. The van der Waals surface area contributed by atoms with Crippen LogP contribution in [0.1, 0.15) is 117 Å². The quantitative estimate of drug-likeness (QED) is 0.118. The summed E-state index contributed by atoms with van der Waals surface area (Å²) in [6, 6.07) is 0. The van der Waals surface area contributed by atoms with E-state index in [1.165, 1.54) is 69.8 Å². The van der Waals surface area contributed by atoms with Crippen LogP contribution in [0.4, 0.5) is 0 Å². The number of carbonyl (C=O) groups is 2. The summed E-state index contributed by atoms with van der Waals surface area (Å²) in [6.07, 6.45) is 19.1. The van der Waals surface area contributed by atoms with Crippen LogP contribution in [0, 0.1) is 5.92 Å². The number of hydrogen-bond acceptors (Lipinski definition) is 5. The van der Waals surface area contributed by atoms with Crippen LogP contribution in [0.5, 0.6) is 0 Å². The highest BCUT2D eigenvalue weighted by atomic mass is 32.2. The second-order valence-electron chi connectivity index (χ2n) is 9.34. The van der Waals surface area contributed by atoms with Gasteiger partial charge in [0.1, 0.15) is 0 Å². The van der Waals surface area contributed by atoms with Crippen molar-refractivity contribution in [1.82, 2.24) is 0 Å². The molecule has 0 saturated heterocycles. The van der Waals surface area contributed by atoms with Crippen LogP contribution in [0.15, 0.2) is 11.6 Å². The maximum absolute atomic E-state index is 11.7. The van der Waals surface area contributed by atoms with Crippen molar-refractivity contribution in [2.45, 2.75) is 128 Å². The molecule has 3 atom stereocenters. The fraction of sp³-hybridized carbons (Fsp3) is 0.852. The molecule has 2 N–H and O–H groups in total. The molecule has 0 aromatic carbocycles. The van der Waals surface area contributed by atoms with Gasteiger partial charge in [0.15, 0.2) is 0 Å². The second-order valence-corrected chi connectivity index (χ2v) is 10.6. The summed E-state index contributed by atoms with van der Waals surface area (Å²) in [5.74, 6) is -0.718. The topological polar surface area (TPSA) is 83.8 Å². The second kappa shape index (κ2) is 19.3. The molecule has 1 rings (SSSR count). The van der Waals surface area contributed by atoms with E-state index in [1.807, 2.05) is 0 Å². The Bertz CT molecular complexity index is 563. The molecule has 6 heteroatoms. The number of carboxylic acids is 1. The molecular weight excluding hydrogens is 436 g/mol. The van der Waals surface area contributed by atoms with Crippen LogP contribution >= 0.6 is 11.8 Å². The lowest BCUT2D eigenvalue weighted by molar-refractivity contribution is -0.142. The summed E-state index contributed by atoms with van der Waals surface area (Å²) >= 11 is 1.57. The van der Waals surface area contributed by atoms with Crippen LogP contribution < -0.4 is 0 Å². The Balaban J connectivity index is 2.37. The van der Waals surface area contributed by atoms with Gasteiger partial charge in [-0.05, 0) is 38.5 Å². The molecule has 0 spiro atoms. The molecule has 0 aromatic rings. The van der Waals surface area contributed by atoms with Gasteiger partial charge < -0.3 is 14.9 Å². The summed E-state index contributed by atoms with van der Waals surface area (Å²) in [4.78, 5) is 22.8. The third kappa shape index (κ3) is 14.1. The van der Waals surface area contributed by atoms with Crippen LogP contribution in [-0.2, 0) is 14.3 Å². The Morgan fingerprint density at radius 3 is 2.18 bits per heavy atom. The number of unbranched alkanes of at least 4 members (excludes halogenated alkanes) is 11. The molecule has 0 heterocycles. The van der Waals surface area contributed by atoms with E-state index in [1.54, 1.807) is 18.7 Å². The van der Waals surface area contributed by atoms with Gasteiger partial charge in [0.2, 0.25) is 0 Å². The number of rotatable bonds is 19. The predicted molar refractivity (Wildman–Crippen MR) is 138 cm³/mol. The first-order chi connectivity index (χ1) is 16.0. The smallest absolute Gasteiger partial charge is 0.306 e. The number of aliphatic hydroxyl groups is 1. The third-order valence-electron chi connectivity index (χ3n) is 6.52. The monoisotopic (exact) mass is 484 g/mol. The van der Waals surface area contributed by atoms with E-state index in [4.69, 9.17) is 4.74 Å². The zero-order valence-corrected chi connectivity index (χ0v) is 21.9. The Hall–Kier alpha value is -1.01. The van der Waals surface area contributed by atoms with Gasteiger partial charge in [-0.15, -0.1) is 0 Å². The van der Waals surface area contributed by atoms with E-state index >= 15 is 0 Å². The van der Waals surface area contributed by atoms with Gasteiger partial charge in [-0.2, -0.15) is 11.8 Å². The maximum Gasteiger partial charge on any atom is 0.306 e. The van der Waals surface area contributed by atoms with Gasteiger partial charge >= 0.3 is 11.9 Å². The summed E-state index contributed by atoms with van der Waals surface area (Å²) in [7, 11) is 0. The normalized spacial score (nSPS) is 21.9. The molecule has 5 nitrogen and oxygen atoms in total. The molecule has 0 radical (unpaired) electrons. The molecule has 0 aromatic heterocycles. The van der Waals surface area contributed by atoms with Gasteiger partial charge in [-0.25, -0.2) is 0 Å². The number of carboxylic acid groups (broad SMARTS) is 1. The van der Waals surface area contributed by atoms with Crippen molar-refractivity contribution in [2.75, 3.05) is 12.4 Å². The van der Waals surface area contributed by atoms with Crippen molar-refractivity contribution >= 4 is 23.7 Å². The molecule has 0 bridgehead atoms. The van der Waals surface area contributed by atoms with E-state index in [0.29, 0.717) is 25.2 Å². The van der Waals surface area contributed by atoms with Gasteiger partial charge in [-0.3, -0.25) is 9.59 Å². The minimum absolute atomic E-state index is 0.00197. The molecule has 33 heavy (non-hydrogen) atoms. The summed E-state index contributed by atoms with van der Waals surface area (Å²) in [5.41, 5.74) is 1.23. The number of thioether (sulfide) groups is 1. The van der Waals surface area contributed by atoms with Gasteiger partial charge in [0.25, 0.3) is 0 Å². The number of ether oxygens (including phenoxy) is 1. The summed E-state index contributed by atoms with van der Waals surface area (Å²) < 4.78 is 5.00. The maximum atomic E-state index is 11.7. The SMILES string of the molecule is CCCCCCCCCCCCC/C=C1\CC[C@H](CC(=O)O)[C@H](O)[C@H]1SCCC(=O)OCC. The summed E-state index contributed by atoms with van der Waals surface area (Å²) in [5, 5.41) is 19.9. The zero-order chi connectivity index (χ0) is 24.3. The van der Waals surface area contributed by atoms with E-state index < -0.39 is 12.1 Å². The van der Waals surface area contributed by atoms with Crippen LogP contribution in [0.25, 0.3) is 0 Å².